The van der Waals surface area contributed by atoms with E-state index in [-0.39, 0.29) is 24.7 Å². The molecule has 9 heteroatoms. The van der Waals surface area contributed by atoms with E-state index in [1.807, 2.05) is 0 Å². The summed E-state index contributed by atoms with van der Waals surface area (Å²) in [5.41, 5.74) is 0.137. The van der Waals surface area contributed by atoms with E-state index in [0.29, 0.717) is 0 Å². The minimum Gasteiger partial charge on any atom is -0.376 e. The first-order valence-corrected chi connectivity index (χ1v) is 4.88. The molecule has 18 heavy (non-hydrogen) atoms. The smallest absolute Gasteiger partial charge is 0.376 e. The van der Waals surface area contributed by atoms with Crippen LogP contribution < -0.4 is 5.32 Å². The second-order valence-electron chi connectivity index (χ2n) is 3.23. The molecule has 1 aromatic rings. The zero-order valence-electron chi connectivity index (χ0n) is 9.11. The molecule has 1 rings (SSSR count). The second kappa shape index (κ2) is 6.15. The fourth-order valence-corrected chi connectivity index (χ4v) is 1.13. The molecule has 0 radical (unpaired) electrons. The van der Waals surface area contributed by atoms with Gasteiger partial charge in [0.25, 0.3) is 0 Å². The second-order valence-corrected chi connectivity index (χ2v) is 3.23. The Hall–Kier alpha value is -1.90. The van der Waals surface area contributed by atoms with E-state index in [2.05, 4.69) is 15.0 Å². The van der Waals surface area contributed by atoms with Gasteiger partial charge in [0.2, 0.25) is 0 Å². The Morgan fingerprint density at radius 2 is 2.22 bits per heavy atom. The molecule has 0 bridgehead atoms. The molecule has 1 heterocycles. The van der Waals surface area contributed by atoms with Crippen LogP contribution >= 0.6 is 0 Å². The van der Waals surface area contributed by atoms with Gasteiger partial charge in [-0.3, -0.25) is 0 Å². The number of aromatic nitrogens is 1. The molecule has 0 spiro atoms. The predicted molar refractivity (Wildman–Crippen MR) is 56.3 cm³/mol. The lowest BCUT2D eigenvalue weighted by molar-refractivity contribution is -0.388. The number of nitrogens with one attached hydrogen (secondary N) is 1. The van der Waals surface area contributed by atoms with Crippen LogP contribution in [0.25, 0.3) is 0 Å². The summed E-state index contributed by atoms with van der Waals surface area (Å²) in [6.07, 6.45) is -3.12. The van der Waals surface area contributed by atoms with E-state index in [9.17, 15) is 23.3 Å². The van der Waals surface area contributed by atoms with Crippen LogP contribution in [0.1, 0.15) is 0 Å². The third-order valence-corrected chi connectivity index (χ3v) is 1.79. The summed E-state index contributed by atoms with van der Waals surface area (Å²) in [5.74, 6) is -0.381. The summed E-state index contributed by atoms with van der Waals surface area (Å²) in [6, 6.07) is 2.89. The molecule has 6 nitrogen and oxygen atoms in total. The number of anilines is 1. The monoisotopic (exact) mass is 265 g/mol. The molecule has 0 saturated heterocycles. The molecular formula is C9H10F3N3O3. The molecule has 0 atom stereocenters. The Morgan fingerprint density at radius 3 is 2.83 bits per heavy atom. The highest BCUT2D eigenvalue weighted by Gasteiger charge is 2.27. The first kappa shape index (κ1) is 14.2. The van der Waals surface area contributed by atoms with Gasteiger partial charge in [-0.05, 0) is 22.0 Å². The average molecular weight is 265 g/mol. The molecule has 0 amide bonds. The van der Waals surface area contributed by atoms with Gasteiger partial charge in [-0.15, -0.1) is 0 Å². The number of hydrogen-bond acceptors (Lipinski definition) is 5. The average Bonchev–Trinajstić information content (AvgIpc) is 2.27. The predicted octanol–water partition coefficient (Wildman–Crippen LogP) is 1.98. The van der Waals surface area contributed by atoms with Gasteiger partial charge >= 0.3 is 12.0 Å². The highest BCUT2D eigenvalue weighted by Crippen LogP contribution is 2.19. The number of alkyl halides is 3. The Labute approximate surface area is 99.9 Å². The first-order chi connectivity index (χ1) is 8.40. The summed E-state index contributed by atoms with van der Waals surface area (Å²) < 4.78 is 39.5. The minimum atomic E-state index is -4.37. The summed E-state index contributed by atoms with van der Waals surface area (Å²) >= 11 is 0. The van der Waals surface area contributed by atoms with Gasteiger partial charge in [-0.25, -0.2) is 0 Å². The third-order valence-electron chi connectivity index (χ3n) is 1.79. The van der Waals surface area contributed by atoms with Crippen LogP contribution in [0.3, 0.4) is 0 Å². The number of ether oxygens (including phenoxy) is 1. The number of rotatable bonds is 6. The first-order valence-electron chi connectivity index (χ1n) is 4.88. The van der Waals surface area contributed by atoms with Crippen molar-refractivity contribution in [1.82, 2.24) is 4.98 Å². The summed E-state index contributed by atoms with van der Waals surface area (Å²) in [6.45, 7) is -1.54. The van der Waals surface area contributed by atoms with Crippen molar-refractivity contribution >= 4 is 11.5 Å². The van der Waals surface area contributed by atoms with Crippen LogP contribution in [0.2, 0.25) is 0 Å². The molecule has 1 aromatic heterocycles. The van der Waals surface area contributed by atoms with Crippen LogP contribution in [-0.2, 0) is 4.74 Å². The minimum absolute atomic E-state index is 0.0165. The van der Waals surface area contributed by atoms with Crippen molar-refractivity contribution < 1.29 is 22.8 Å². The molecule has 0 aliphatic heterocycles. The van der Waals surface area contributed by atoms with Gasteiger partial charge in [0, 0.05) is 6.54 Å². The van der Waals surface area contributed by atoms with Crippen molar-refractivity contribution in [2.75, 3.05) is 25.1 Å². The Bertz CT molecular complexity index is 412. The van der Waals surface area contributed by atoms with Crippen LogP contribution in [-0.4, -0.2) is 35.8 Å². The normalized spacial score (nSPS) is 11.3. The summed E-state index contributed by atoms with van der Waals surface area (Å²) in [5, 5.41) is 13.1. The number of pyridine rings is 1. The molecule has 1 N–H and O–H groups in total. The van der Waals surface area contributed by atoms with E-state index < -0.39 is 17.7 Å². The molecule has 0 aromatic carbocycles. The van der Waals surface area contributed by atoms with Gasteiger partial charge in [-0.1, -0.05) is 0 Å². The lowest BCUT2D eigenvalue weighted by Crippen LogP contribution is -2.20. The van der Waals surface area contributed by atoms with Crippen molar-refractivity contribution in [1.29, 1.82) is 0 Å². The largest absolute Gasteiger partial charge is 0.411 e. The highest BCUT2D eigenvalue weighted by molar-refractivity contribution is 5.56. The number of nitrogens with zero attached hydrogens (tertiary/aromatic N) is 2. The molecule has 0 saturated carbocycles. The fourth-order valence-electron chi connectivity index (χ4n) is 1.13. The Kier molecular flexibility index (Phi) is 4.84. The van der Waals surface area contributed by atoms with Crippen molar-refractivity contribution in [2.45, 2.75) is 6.18 Å². The maximum Gasteiger partial charge on any atom is 0.411 e. The van der Waals surface area contributed by atoms with Crippen LogP contribution in [0.15, 0.2) is 18.3 Å². The Balaban J connectivity index is 2.38. The van der Waals surface area contributed by atoms with E-state index in [1.165, 1.54) is 18.3 Å². The molecule has 0 aliphatic carbocycles. The van der Waals surface area contributed by atoms with E-state index in [1.54, 1.807) is 0 Å². The maximum atomic E-state index is 11.7. The van der Waals surface area contributed by atoms with Gasteiger partial charge in [0.15, 0.2) is 0 Å². The van der Waals surface area contributed by atoms with Crippen molar-refractivity contribution in [3.63, 3.8) is 0 Å². The molecular weight excluding hydrogens is 255 g/mol. The molecule has 0 aliphatic rings. The van der Waals surface area contributed by atoms with E-state index in [0.717, 1.165) is 0 Å². The molecule has 0 fully saturated rings. The van der Waals surface area contributed by atoms with Crippen molar-refractivity contribution in [3.8, 4) is 0 Å². The maximum absolute atomic E-state index is 11.7. The highest BCUT2D eigenvalue weighted by atomic mass is 19.4. The summed E-state index contributed by atoms with van der Waals surface area (Å²) in [7, 11) is 0. The summed E-state index contributed by atoms with van der Waals surface area (Å²) in [4.78, 5) is 13.4. The fraction of sp³-hybridized carbons (Fsp3) is 0.444. The zero-order chi connectivity index (χ0) is 13.6. The quantitative estimate of drug-likeness (QED) is 0.483. The SMILES string of the molecule is O=[N+]([O-])c1ncccc1NCCOCC(F)(F)F. The van der Waals surface area contributed by atoms with Gasteiger partial charge in [0.05, 0.1) is 6.61 Å². The van der Waals surface area contributed by atoms with E-state index in [4.69, 9.17) is 0 Å². The topological polar surface area (TPSA) is 77.3 Å². The van der Waals surface area contributed by atoms with Gasteiger partial charge in [-0.2, -0.15) is 13.2 Å². The van der Waals surface area contributed by atoms with Crippen LogP contribution in [0.4, 0.5) is 24.7 Å². The third kappa shape index (κ3) is 4.95. The number of hydrogen-bond donors (Lipinski definition) is 1. The van der Waals surface area contributed by atoms with Crippen LogP contribution in [0, 0.1) is 10.1 Å². The zero-order valence-corrected chi connectivity index (χ0v) is 9.11. The molecule has 100 valence electrons. The standard InChI is InChI=1S/C9H10F3N3O3/c10-9(11,12)6-18-5-4-13-7-2-1-3-14-8(7)15(16)17/h1-3,13H,4-6H2. The lowest BCUT2D eigenvalue weighted by Gasteiger charge is -2.09. The van der Waals surface area contributed by atoms with Crippen molar-refractivity contribution in [2.24, 2.45) is 0 Å². The lowest BCUT2D eigenvalue weighted by atomic mass is 10.4. The number of nitro groups is 1. The van der Waals surface area contributed by atoms with Crippen molar-refractivity contribution in [3.05, 3.63) is 28.4 Å². The molecule has 0 unspecified atom stereocenters. The van der Waals surface area contributed by atoms with Gasteiger partial charge < -0.3 is 20.2 Å². The van der Waals surface area contributed by atoms with E-state index >= 15 is 0 Å². The number of halogens is 3. The Morgan fingerprint density at radius 1 is 1.50 bits per heavy atom. The van der Waals surface area contributed by atoms with Crippen LogP contribution in [0.5, 0.6) is 0 Å². The van der Waals surface area contributed by atoms with Gasteiger partial charge in [0.1, 0.15) is 18.5 Å².